The van der Waals surface area contributed by atoms with Crippen LogP contribution in [0.1, 0.15) is 113 Å². The van der Waals surface area contributed by atoms with E-state index in [9.17, 15) is 0 Å². The van der Waals surface area contributed by atoms with Crippen LogP contribution in [0.15, 0.2) is 133 Å². The molecule has 446 valence electrons. The first kappa shape index (κ1) is 64.7. The van der Waals surface area contributed by atoms with Gasteiger partial charge in [0, 0.05) is 23.7 Å². The molecule has 0 fully saturated rings. The summed E-state index contributed by atoms with van der Waals surface area (Å²) in [4.78, 5) is 0. The maximum Gasteiger partial charge on any atom is 0.184 e. The molecule has 0 unspecified atom stereocenters. The smallest absolute Gasteiger partial charge is 0.184 e. The molecule has 0 heterocycles. The molecule has 8 aromatic carbocycles. The predicted octanol–water partition coefficient (Wildman–Crippen LogP) is 16.0. The predicted molar refractivity (Wildman–Crippen MR) is 373 cm³/mol. The molecular formula is C87H62O6. The van der Waals surface area contributed by atoms with Crippen LogP contribution in [-0.2, 0) is 10.8 Å². The molecular weight excluding hydrogens is 1140 g/mol. The highest BCUT2D eigenvalue weighted by atomic mass is 16.5. The molecule has 0 amide bonds. The van der Waals surface area contributed by atoms with E-state index < -0.39 is 10.8 Å². The quantitative estimate of drug-likeness (QED) is 0.127. The van der Waals surface area contributed by atoms with Crippen LogP contribution in [0.2, 0.25) is 0 Å². The van der Waals surface area contributed by atoms with E-state index in [0.717, 1.165) is 61.2 Å². The lowest BCUT2D eigenvalue weighted by molar-refractivity contribution is 0.314. The number of fused-ring (bicyclic) bond motifs is 13. The second-order valence-electron chi connectivity index (χ2n) is 21.7. The van der Waals surface area contributed by atoms with Crippen molar-refractivity contribution < 1.29 is 28.4 Å². The summed E-state index contributed by atoms with van der Waals surface area (Å²) < 4.78 is 36.2. The zero-order valence-corrected chi connectivity index (χ0v) is 52.7. The van der Waals surface area contributed by atoms with Gasteiger partial charge in [-0.2, -0.15) is 0 Å². The average Bonchev–Trinajstić information content (AvgIpc) is 1.52. The molecule has 0 atom stereocenters. The Bertz CT molecular complexity index is 5060. The van der Waals surface area contributed by atoms with Crippen LogP contribution in [0.5, 0.6) is 34.5 Å². The van der Waals surface area contributed by atoms with E-state index in [-0.39, 0.29) is 20.6 Å². The molecule has 3 aliphatic rings. The van der Waals surface area contributed by atoms with Gasteiger partial charge >= 0.3 is 0 Å². The fraction of sp³-hybridized carbons (Fsp3) is 0.172. The number of aryl methyl sites for hydroxylation is 6. The van der Waals surface area contributed by atoms with Gasteiger partial charge in [-0.1, -0.05) is 156 Å². The second-order valence-corrected chi connectivity index (χ2v) is 21.7. The molecule has 0 N–H and O–H groups in total. The van der Waals surface area contributed by atoms with Gasteiger partial charge in [0.2, 0.25) is 0 Å². The third-order valence-corrected chi connectivity index (χ3v) is 15.9. The first-order valence-corrected chi connectivity index (χ1v) is 29.4. The second kappa shape index (κ2) is 29.1. The van der Waals surface area contributed by atoms with Crippen LogP contribution < -0.4 is 28.4 Å². The summed E-state index contributed by atoms with van der Waals surface area (Å²) in [5, 5.41) is 0. The summed E-state index contributed by atoms with van der Waals surface area (Å²) >= 11 is 0. The molecule has 0 aromatic heterocycles. The van der Waals surface area contributed by atoms with Crippen molar-refractivity contribution in [2.45, 2.75) is 87.5 Å². The highest BCUT2D eigenvalue weighted by molar-refractivity contribution is 5.97. The van der Waals surface area contributed by atoms with Crippen molar-refractivity contribution in [3.05, 3.63) is 211 Å². The monoisotopic (exact) mass is 1200 g/mol. The van der Waals surface area contributed by atoms with E-state index in [1.807, 2.05) is 36.4 Å². The first-order chi connectivity index (χ1) is 44.9. The Morgan fingerprint density at radius 1 is 0.312 bits per heavy atom. The Labute approximate surface area is 549 Å². The van der Waals surface area contributed by atoms with Gasteiger partial charge in [0.15, 0.2) is 34.5 Å². The fourth-order valence-corrected chi connectivity index (χ4v) is 12.3. The molecule has 93 heavy (non-hydrogen) atoms. The summed E-state index contributed by atoms with van der Waals surface area (Å²) in [6.07, 6.45) is 21.5. The summed E-state index contributed by atoms with van der Waals surface area (Å²) in [6, 6.07) is 47.3. The number of ether oxygens (including phenoxy) is 6. The molecule has 6 heteroatoms. The Balaban J connectivity index is 0.000000222. The van der Waals surface area contributed by atoms with Crippen molar-refractivity contribution in [3.63, 3.8) is 0 Å². The van der Waals surface area contributed by atoms with Gasteiger partial charge in [-0.25, -0.2) is 0 Å². The number of rotatable bonds is 10. The standard InChI is InChI=1S/C47H28O4.C39H30O2.CH4/c1-7-11-15-23-48-43-29-37-38-30-44(49-24-16-12-8-2)46(51-26-18-14-10-4)32-42(38)47(41(37)31-45(43)50-25-17-13-9-3)39-27-33(5)19-21-35(39)36-22-20-34(6)28-40(36)47;1-7-9-11-21-40-37-20-17-31(26-38(37)41-22-12-10-8-2)39(34-23-27(3)13-16-30(34)6)35-24-28(4)14-18-32(35)33-19-15-29(5)25-36(33)39;/h1,3,19-22,27-32H,23,25H2,2,4-6H3;13-20,23-26H,1-6H3;1H4. The van der Waals surface area contributed by atoms with Crippen molar-refractivity contribution in [1.82, 2.24) is 0 Å². The van der Waals surface area contributed by atoms with E-state index in [2.05, 4.69) is 270 Å². The number of benzene rings is 8. The van der Waals surface area contributed by atoms with Gasteiger partial charge in [0.05, 0.1) is 10.8 Å². The van der Waals surface area contributed by atoms with Gasteiger partial charge < -0.3 is 28.4 Å². The van der Waals surface area contributed by atoms with Crippen molar-refractivity contribution in [2.24, 2.45) is 0 Å². The minimum atomic E-state index is -0.787. The van der Waals surface area contributed by atoms with Gasteiger partial charge in [-0.05, 0) is 248 Å². The lowest BCUT2D eigenvalue weighted by Gasteiger charge is -2.36. The van der Waals surface area contributed by atoms with Crippen LogP contribution in [0.4, 0.5) is 0 Å². The number of hydrogen-bond acceptors (Lipinski definition) is 6. The van der Waals surface area contributed by atoms with E-state index in [1.165, 1.54) is 50.1 Å². The Morgan fingerprint density at radius 2 is 0.645 bits per heavy atom. The SMILES string of the molecule is C.C#CC#CCOc1cc2c(cc1OCC#CC#C)C1(c3cc(C)ccc3-c3ccc(C)cc31)c1cc(OC#CC#CC)c(OC#CC#CC)cc1-2.CC#CC#COc1ccc(C2(c3cc(C)ccc3C)c3cc(C)ccc3-c3ccc(C)cc32)cc1OC#CC#CC. The highest BCUT2D eigenvalue weighted by Gasteiger charge is 2.53. The number of hydrogen-bond donors (Lipinski definition) is 0. The molecule has 0 saturated heterocycles. The van der Waals surface area contributed by atoms with Crippen LogP contribution in [0.25, 0.3) is 33.4 Å². The Kier molecular flexibility index (Phi) is 20.2. The van der Waals surface area contributed by atoms with Crippen molar-refractivity contribution in [3.8, 4) is 212 Å². The van der Waals surface area contributed by atoms with Crippen molar-refractivity contribution in [1.29, 1.82) is 0 Å². The van der Waals surface area contributed by atoms with Crippen LogP contribution in [0.3, 0.4) is 0 Å². The van der Waals surface area contributed by atoms with E-state index in [0.29, 0.717) is 34.5 Å². The van der Waals surface area contributed by atoms with E-state index >= 15 is 0 Å². The first-order valence-electron chi connectivity index (χ1n) is 29.4. The zero-order valence-electron chi connectivity index (χ0n) is 52.7. The van der Waals surface area contributed by atoms with Crippen molar-refractivity contribution in [2.75, 3.05) is 13.2 Å². The third kappa shape index (κ3) is 12.7. The molecule has 0 bridgehead atoms. The lowest BCUT2D eigenvalue weighted by atomic mass is 9.66. The lowest BCUT2D eigenvalue weighted by Crippen LogP contribution is -2.30. The molecule has 1 spiro atoms. The fourth-order valence-electron chi connectivity index (χ4n) is 12.3. The number of terminal acetylenes is 2. The molecule has 6 nitrogen and oxygen atoms in total. The molecule has 11 rings (SSSR count). The molecule has 8 aromatic rings. The summed E-state index contributed by atoms with van der Waals surface area (Å²) in [5.74, 6) is 50.9. The third-order valence-electron chi connectivity index (χ3n) is 15.9. The van der Waals surface area contributed by atoms with E-state index in [1.54, 1.807) is 27.7 Å². The summed E-state index contributed by atoms with van der Waals surface area (Å²) in [5.41, 5.74) is 21.1. The topological polar surface area (TPSA) is 55.4 Å². The maximum absolute atomic E-state index is 6.25. The van der Waals surface area contributed by atoms with E-state index in [4.69, 9.17) is 41.3 Å². The molecule has 3 aliphatic carbocycles. The van der Waals surface area contributed by atoms with Gasteiger partial charge in [0.25, 0.3) is 0 Å². The van der Waals surface area contributed by atoms with Crippen LogP contribution in [0, 0.1) is 185 Å². The molecule has 0 saturated carbocycles. The van der Waals surface area contributed by atoms with Gasteiger partial charge in [-0.15, -0.1) is 12.8 Å². The van der Waals surface area contributed by atoms with Crippen molar-refractivity contribution >= 4 is 0 Å². The van der Waals surface area contributed by atoms with Gasteiger partial charge in [-0.3, -0.25) is 0 Å². The zero-order chi connectivity index (χ0) is 64.8. The van der Waals surface area contributed by atoms with Crippen LogP contribution >= 0.6 is 0 Å². The average molecular weight is 1200 g/mol. The Morgan fingerprint density at radius 3 is 1.06 bits per heavy atom. The minimum absolute atomic E-state index is 0. The maximum atomic E-state index is 6.25. The Hall–Kier alpha value is -12.7. The van der Waals surface area contributed by atoms with Gasteiger partial charge in [0.1, 0.15) is 37.6 Å². The largest absolute Gasteiger partial charge is 0.477 e. The van der Waals surface area contributed by atoms with Crippen LogP contribution in [-0.4, -0.2) is 13.2 Å². The summed E-state index contributed by atoms with van der Waals surface area (Å²) in [6.45, 7) is 19.8. The highest BCUT2D eigenvalue weighted by Crippen LogP contribution is 2.66. The molecule has 0 aliphatic heterocycles. The molecule has 0 radical (unpaired) electrons. The minimum Gasteiger partial charge on any atom is -0.477 e. The normalized spacial score (nSPS) is 11.1. The summed E-state index contributed by atoms with van der Waals surface area (Å²) in [7, 11) is 0.